The average Bonchev–Trinajstić information content (AvgIpc) is 2.97. The summed E-state index contributed by atoms with van der Waals surface area (Å²) in [6.45, 7) is 5.32. The number of amides is 1. The van der Waals surface area contributed by atoms with E-state index >= 15 is 0 Å². The van der Waals surface area contributed by atoms with Gasteiger partial charge in [-0.1, -0.05) is 13.8 Å². The lowest BCUT2D eigenvalue weighted by Crippen LogP contribution is -2.33. The quantitative estimate of drug-likeness (QED) is 0.854. The second-order valence-electron chi connectivity index (χ2n) is 5.24. The van der Waals surface area contributed by atoms with Gasteiger partial charge in [0.15, 0.2) is 5.69 Å². The summed E-state index contributed by atoms with van der Waals surface area (Å²) in [6.07, 6.45) is 3.85. The normalized spacial score (nSPS) is 18.3. The lowest BCUT2D eigenvalue weighted by Gasteiger charge is -2.13. The molecule has 1 fully saturated rings. The molecule has 2 rings (SSSR count). The van der Waals surface area contributed by atoms with Crippen LogP contribution in [0.25, 0.3) is 0 Å². The van der Waals surface area contributed by atoms with Crippen molar-refractivity contribution in [3.8, 4) is 0 Å². The number of rotatable bonds is 5. The van der Waals surface area contributed by atoms with Crippen LogP contribution in [0.2, 0.25) is 0 Å². The van der Waals surface area contributed by atoms with E-state index in [1.807, 2.05) is 13.8 Å². The van der Waals surface area contributed by atoms with E-state index in [1.54, 1.807) is 13.2 Å². The van der Waals surface area contributed by atoms with Crippen molar-refractivity contribution in [1.29, 1.82) is 0 Å². The van der Waals surface area contributed by atoms with E-state index in [2.05, 4.69) is 20.6 Å². The Balaban J connectivity index is 2.08. The summed E-state index contributed by atoms with van der Waals surface area (Å²) in [6, 6.07) is 0. The summed E-state index contributed by atoms with van der Waals surface area (Å²) < 4.78 is 5.49. The van der Waals surface area contributed by atoms with E-state index in [0.29, 0.717) is 23.8 Å². The number of carbonyl (C=O) groups is 1. The van der Waals surface area contributed by atoms with Gasteiger partial charge in [-0.05, 0) is 12.8 Å². The molecule has 1 atom stereocenters. The van der Waals surface area contributed by atoms with Crippen molar-refractivity contribution in [1.82, 2.24) is 15.3 Å². The third kappa shape index (κ3) is 3.45. The minimum atomic E-state index is -0.186. The van der Waals surface area contributed by atoms with E-state index in [-0.39, 0.29) is 17.9 Å². The smallest absolute Gasteiger partial charge is 0.272 e. The molecule has 1 aliphatic rings. The number of hydrogen-bond acceptors (Lipinski definition) is 5. The standard InChI is InChI=1S/C14H22N4O2/c1-9(2)13-16-8-11(15-3)12(18-13)14(19)17-7-10-5-4-6-20-10/h8-10,15H,4-7H2,1-3H3,(H,17,19). The Kier molecular flexibility index (Phi) is 4.89. The molecule has 2 N–H and O–H groups in total. The van der Waals surface area contributed by atoms with Gasteiger partial charge in [0.1, 0.15) is 5.82 Å². The van der Waals surface area contributed by atoms with Gasteiger partial charge in [-0.15, -0.1) is 0 Å². The van der Waals surface area contributed by atoms with Gasteiger partial charge in [-0.3, -0.25) is 4.79 Å². The summed E-state index contributed by atoms with van der Waals surface area (Å²) in [5.41, 5.74) is 1.03. The van der Waals surface area contributed by atoms with E-state index < -0.39 is 0 Å². The van der Waals surface area contributed by atoms with Crippen molar-refractivity contribution in [2.45, 2.75) is 38.7 Å². The molecule has 0 aromatic carbocycles. The van der Waals surface area contributed by atoms with Crippen LogP contribution in [0.3, 0.4) is 0 Å². The van der Waals surface area contributed by atoms with Crippen LogP contribution in [-0.2, 0) is 4.74 Å². The van der Waals surface area contributed by atoms with E-state index in [1.165, 1.54) is 0 Å². The minimum absolute atomic E-state index is 0.128. The number of carbonyl (C=O) groups excluding carboxylic acids is 1. The maximum atomic E-state index is 12.3. The van der Waals surface area contributed by atoms with Gasteiger partial charge in [0.2, 0.25) is 0 Å². The molecule has 1 unspecified atom stereocenters. The molecule has 1 aromatic heterocycles. The Bertz CT molecular complexity index is 470. The van der Waals surface area contributed by atoms with E-state index in [9.17, 15) is 4.79 Å². The zero-order valence-electron chi connectivity index (χ0n) is 12.3. The Labute approximate surface area is 119 Å². The van der Waals surface area contributed by atoms with Gasteiger partial charge >= 0.3 is 0 Å². The first-order valence-corrected chi connectivity index (χ1v) is 7.06. The predicted octanol–water partition coefficient (Wildman–Crippen LogP) is 1.55. The topological polar surface area (TPSA) is 76.1 Å². The van der Waals surface area contributed by atoms with Crippen LogP contribution < -0.4 is 10.6 Å². The molecule has 2 heterocycles. The van der Waals surface area contributed by atoms with E-state index in [0.717, 1.165) is 19.4 Å². The molecule has 110 valence electrons. The van der Waals surface area contributed by atoms with Crippen LogP contribution in [0.5, 0.6) is 0 Å². The molecule has 0 radical (unpaired) electrons. The first kappa shape index (κ1) is 14.7. The Morgan fingerprint density at radius 2 is 2.35 bits per heavy atom. The van der Waals surface area contributed by atoms with Gasteiger partial charge in [0.25, 0.3) is 5.91 Å². The molecule has 6 heteroatoms. The number of nitrogens with one attached hydrogen (secondary N) is 2. The highest BCUT2D eigenvalue weighted by molar-refractivity contribution is 5.97. The van der Waals surface area contributed by atoms with Crippen molar-refractivity contribution < 1.29 is 9.53 Å². The fraction of sp³-hybridized carbons (Fsp3) is 0.643. The lowest BCUT2D eigenvalue weighted by atomic mass is 10.2. The molecule has 0 spiro atoms. The molecule has 0 aliphatic carbocycles. The highest BCUT2D eigenvalue weighted by atomic mass is 16.5. The molecular formula is C14H22N4O2. The van der Waals surface area contributed by atoms with Gasteiger partial charge in [-0.25, -0.2) is 9.97 Å². The first-order valence-electron chi connectivity index (χ1n) is 7.06. The Morgan fingerprint density at radius 3 is 2.95 bits per heavy atom. The third-order valence-corrected chi connectivity index (χ3v) is 3.32. The van der Waals surface area contributed by atoms with Gasteiger partial charge in [0.05, 0.1) is 18.0 Å². The average molecular weight is 278 g/mol. The summed E-state index contributed by atoms with van der Waals surface area (Å²) in [7, 11) is 1.75. The number of anilines is 1. The summed E-state index contributed by atoms with van der Waals surface area (Å²) >= 11 is 0. The molecule has 1 amide bonds. The van der Waals surface area contributed by atoms with Crippen LogP contribution in [0.1, 0.15) is 48.9 Å². The number of nitrogens with zero attached hydrogens (tertiary/aromatic N) is 2. The minimum Gasteiger partial charge on any atom is -0.385 e. The highest BCUT2D eigenvalue weighted by Gasteiger charge is 2.19. The molecule has 0 bridgehead atoms. The number of ether oxygens (including phenoxy) is 1. The van der Waals surface area contributed by atoms with Crippen molar-refractivity contribution in [3.63, 3.8) is 0 Å². The van der Waals surface area contributed by atoms with Crippen molar-refractivity contribution in [2.75, 3.05) is 25.5 Å². The summed E-state index contributed by atoms with van der Waals surface area (Å²) in [5.74, 6) is 0.672. The highest BCUT2D eigenvalue weighted by Crippen LogP contribution is 2.16. The summed E-state index contributed by atoms with van der Waals surface area (Å²) in [4.78, 5) is 20.9. The van der Waals surface area contributed by atoms with E-state index in [4.69, 9.17) is 4.74 Å². The number of hydrogen-bond donors (Lipinski definition) is 2. The Hall–Kier alpha value is -1.69. The molecule has 20 heavy (non-hydrogen) atoms. The summed E-state index contributed by atoms with van der Waals surface area (Å²) in [5, 5.41) is 5.84. The zero-order chi connectivity index (χ0) is 14.5. The monoisotopic (exact) mass is 278 g/mol. The molecule has 1 aromatic rings. The molecule has 0 saturated carbocycles. The van der Waals surface area contributed by atoms with Crippen molar-refractivity contribution in [2.24, 2.45) is 0 Å². The molecule has 1 aliphatic heterocycles. The molecule has 1 saturated heterocycles. The molecular weight excluding hydrogens is 256 g/mol. The maximum Gasteiger partial charge on any atom is 0.272 e. The van der Waals surface area contributed by atoms with Crippen LogP contribution in [0, 0.1) is 0 Å². The fourth-order valence-electron chi connectivity index (χ4n) is 2.13. The third-order valence-electron chi connectivity index (χ3n) is 3.32. The van der Waals surface area contributed by atoms with Crippen molar-refractivity contribution >= 4 is 11.6 Å². The van der Waals surface area contributed by atoms with Crippen molar-refractivity contribution in [3.05, 3.63) is 17.7 Å². The first-order chi connectivity index (χ1) is 9.61. The zero-order valence-corrected chi connectivity index (χ0v) is 12.3. The van der Waals surface area contributed by atoms with Gasteiger partial charge < -0.3 is 15.4 Å². The predicted molar refractivity (Wildman–Crippen MR) is 77.0 cm³/mol. The second kappa shape index (κ2) is 6.65. The lowest BCUT2D eigenvalue weighted by molar-refractivity contribution is 0.0854. The van der Waals surface area contributed by atoms with Crippen LogP contribution in [-0.4, -0.2) is 42.2 Å². The second-order valence-corrected chi connectivity index (χ2v) is 5.24. The fourth-order valence-corrected chi connectivity index (χ4v) is 2.13. The van der Waals surface area contributed by atoms with Crippen LogP contribution >= 0.6 is 0 Å². The molecule has 6 nitrogen and oxygen atoms in total. The maximum absolute atomic E-state index is 12.3. The van der Waals surface area contributed by atoms with Gasteiger partial charge in [-0.2, -0.15) is 0 Å². The Morgan fingerprint density at radius 1 is 1.55 bits per heavy atom. The van der Waals surface area contributed by atoms with Crippen LogP contribution in [0.4, 0.5) is 5.69 Å². The number of aromatic nitrogens is 2. The largest absolute Gasteiger partial charge is 0.385 e. The van der Waals surface area contributed by atoms with Crippen LogP contribution in [0.15, 0.2) is 6.20 Å². The van der Waals surface area contributed by atoms with Gasteiger partial charge in [0, 0.05) is 26.1 Å². The SMILES string of the molecule is CNc1cnc(C(C)C)nc1C(=O)NCC1CCCO1.